The molecule has 0 saturated carbocycles. The number of para-hydroxylation sites is 4. The van der Waals surface area contributed by atoms with Crippen molar-refractivity contribution in [2.24, 2.45) is 5.84 Å². The van der Waals surface area contributed by atoms with Gasteiger partial charge in [0.25, 0.3) is 5.56 Å². The van der Waals surface area contributed by atoms with Crippen LogP contribution in [0.2, 0.25) is 0 Å². The molecule has 9 rings (SSSR count). The van der Waals surface area contributed by atoms with Crippen molar-refractivity contribution in [3.63, 3.8) is 0 Å². The van der Waals surface area contributed by atoms with Crippen molar-refractivity contribution in [2.75, 3.05) is 31.9 Å². The number of benzene rings is 4. The second-order valence-electron chi connectivity index (χ2n) is 20.0. The number of allylic oxidation sites excluding steroid dienone is 5. The van der Waals surface area contributed by atoms with E-state index >= 15 is 0 Å². The first-order valence-corrected chi connectivity index (χ1v) is 29.9. The second-order valence-corrected chi connectivity index (χ2v) is 20.0. The first-order valence-electron chi connectivity index (χ1n) is 29.9. The molecular formula is C65H69BF12N8O13. The summed E-state index contributed by atoms with van der Waals surface area (Å²) in [5.41, 5.74) is -0.534. The summed E-state index contributed by atoms with van der Waals surface area (Å²) in [6, 6.07) is 23.6. The van der Waals surface area contributed by atoms with Crippen molar-refractivity contribution >= 4 is 48.4 Å². The van der Waals surface area contributed by atoms with Crippen LogP contribution in [0.3, 0.4) is 0 Å². The smallest absolute Gasteiger partial charge is 0.463 e. The van der Waals surface area contributed by atoms with Crippen LogP contribution in [0.4, 0.5) is 58.4 Å². The van der Waals surface area contributed by atoms with E-state index in [2.05, 4.69) is 24.8 Å². The number of hydrogen-bond acceptors (Lipinski definition) is 17. The molecule has 99 heavy (non-hydrogen) atoms. The van der Waals surface area contributed by atoms with Crippen LogP contribution >= 0.6 is 0 Å². The Balaban J connectivity index is 0.000000319. The molecule has 0 amide bonds. The van der Waals surface area contributed by atoms with Crippen LogP contribution in [0.25, 0.3) is 22.6 Å². The molecule has 0 bridgehead atoms. The molecule has 7 aromatic rings. The number of nitrogens with two attached hydrogens (primary N) is 1. The van der Waals surface area contributed by atoms with Crippen molar-refractivity contribution in [1.82, 2.24) is 29.3 Å². The third kappa shape index (κ3) is 25.9. The largest absolute Gasteiger partial charge is 0.483 e. The fraction of sp³-hybridized carbons (Fsp3) is 0.323. The summed E-state index contributed by atoms with van der Waals surface area (Å²) in [4.78, 5) is 73.6. The standard InChI is InChI=1S/C18H17F3N2O2.C14H13F3N2O2.C13H11F3N2O3.C7H7F3N2.C7H12O2.C5H9BO2.CO2/c1-2-25-17(24)14-11-16(12-7-3-4-8-12)23(22-14)15-10-6-5-9-13(15)18(19,20)21;1-3-21-13(20)11-8-9(2)19(18-11)12-7-5-4-6-10(12)14(15,16)17;1-2-21-12(20)9-7-11(19)18(17-9)10-6-4-3-5-8(10)13(14,15)16;8-7(9,10)5-3-1-2-4-6(5)12-11;1-3-5-6-7(8)9-4-2;7-6(8)5-3-1-2-4-5;2-1-3/h5-7,9-11H,2-4,8H2,1H3;4-8H,3H2,1-2H3;3-7,17H,2H2,1H3;1-4,12H,11H2;5-6H,3-4H2,1-2H3;3,7-8H,1-2,4H2;/b;;;;6-5+;;. The molecule has 0 aliphatic heterocycles. The number of carbonyl (C=O) groups excluding carboxylic acids is 6. The van der Waals surface area contributed by atoms with Gasteiger partial charge in [-0.25, -0.2) is 33.2 Å². The number of anilines is 1. The second kappa shape index (κ2) is 39.8. The number of aryl methyl sites for hydroxylation is 1. The summed E-state index contributed by atoms with van der Waals surface area (Å²) in [5, 5.41) is 27.4. The van der Waals surface area contributed by atoms with Crippen LogP contribution in [0, 0.1) is 6.92 Å². The molecule has 6 N–H and O–H groups in total. The van der Waals surface area contributed by atoms with E-state index in [1.807, 2.05) is 24.5 Å². The van der Waals surface area contributed by atoms with Gasteiger partial charge in [0, 0.05) is 17.8 Å². The number of halogens is 12. The summed E-state index contributed by atoms with van der Waals surface area (Å²) in [6.07, 6.45) is -4.32. The maximum Gasteiger partial charge on any atom is 0.483 e. The Labute approximate surface area is 558 Å². The van der Waals surface area contributed by atoms with Crippen molar-refractivity contribution in [1.29, 1.82) is 0 Å². The number of rotatable bonds is 15. The van der Waals surface area contributed by atoms with Gasteiger partial charge in [-0.05, 0) is 151 Å². The number of alkyl halides is 12. The first kappa shape index (κ1) is 82.9. The Bertz CT molecular complexity index is 3960. The number of hydrazine groups is 1. The van der Waals surface area contributed by atoms with Crippen molar-refractivity contribution < 1.29 is 110 Å². The van der Waals surface area contributed by atoms with Crippen LogP contribution in [-0.2, 0) is 58.0 Å². The molecule has 3 aromatic heterocycles. The van der Waals surface area contributed by atoms with Crippen molar-refractivity contribution in [3.05, 3.63) is 206 Å². The number of hydrogen-bond donors (Lipinski definition) is 5. The summed E-state index contributed by atoms with van der Waals surface area (Å²) >= 11 is 0. The Kier molecular flexibility index (Phi) is 33.3. The third-order valence-corrected chi connectivity index (χ3v) is 13.0. The monoisotopic (exact) mass is 1410 g/mol. The fourth-order valence-corrected chi connectivity index (χ4v) is 8.81. The van der Waals surface area contributed by atoms with Gasteiger partial charge in [-0.2, -0.15) is 72.5 Å². The lowest BCUT2D eigenvalue weighted by molar-refractivity contribution is -0.192. The quantitative estimate of drug-likeness (QED) is 0.0121. The number of nitrogen functional groups attached to an aromatic ring is 1. The number of aromatic nitrogens is 6. The first-order chi connectivity index (χ1) is 46.7. The zero-order chi connectivity index (χ0) is 74.3. The van der Waals surface area contributed by atoms with E-state index in [0.717, 1.165) is 97.1 Å². The summed E-state index contributed by atoms with van der Waals surface area (Å²) < 4.78 is 176. The predicted molar refractivity (Wildman–Crippen MR) is 335 cm³/mol. The molecule has 0 fully saturated rings. The number of nitrogens with one attached hydrogen (secondary N) is 2. The molecule has 0 atom stereocenters. The summed E-state index contributed by atoms with van der Waals surface area (Å²) in [5.74, 6) is 2.53. The van der Waals surface area contributed by atoms with Gasteiger partial charge in [-0.1, -0.05) is 73.7 Å². The highest BCUT2D eigenvalue weighted by Crippen LogP contribution is 2.39. The molecule has 34 heteroatoms. The zero-order valence-corrected chi connectivity index (χ0v) is 53.9. The normalized spacial score (nSPS) is 12.4. The highest BCUT2D eigenvalue weighted by Gasteiger charge is 2.38. The van der Waals surface area contributed by atoms with E-state index in [-0.39, 0.29) is 71.8 Å². The number of H-pyrrole nitrogens is 1. The Morgan fingerprint density at radius 2 is 1.02 bits per heavy atom. The van der Waals surface area contributed by atoms with Crippen LogP contribution < -0.4 is 16.8 Å². The van der Waals surface area contributed by atoms with Gasteiger partial charge in [0.05, 0.1) is 77.1 Å². The van der Waals surface area contributed by atoms with Crippen molar-refractivity contribution in [2.45, 2.75) is 111 Å². The maximum absolute atomic E-state index is 13.4. The summed E-state index contributed by atoms with van der Waals surface area (Å²) in [7, 11) is -1.20. The average molecular weight is 1410 g/mol. The molecule has 534 valence electrons. The Morgan fingerprint density at radius 1 is 0.596 bits per heavy atom. The number of esters is 4. The van der Waals surface area contributed by atoms with Crippen LogP contribution in [0.1, 0.15) is 145 Å². The average Bonchev–Trinajstić information content (AvgIpc) is 1.70. The van der Waals surface area contributed by atoms with E-state index in [1.54, 1.807) is 40.7 Å². The topological polar surface area (TPSA) is 291 Å². The van der Waals surface area contributed by atoms with Gasteiger partial charge >= 0.3 is 61.9 Å². The van der Waals surface area contributed by atoms with Crippen LogP contribution in [0.5, 0.6) is 0 Å². The van der Waals surface area contributed by atoms with E-state index in [4.69, 9.17) is 35.0 Å². The molecule has 2 aliphatic rings. The minimum absolute atomic E-state index is 0.00151. The molecule has 0 unspecified atom stereocenters. The number of aromatic amines is 1. The number of ether oxygens (including phenoxy) is 4. The molecule has 2 aliphatic carbocycles. The number of nitrogens with zero attached hydrogens (tertiary/aromatic N) is 5. The van der Waals surface area contributed by atoms with Gasteiger partial charge in [-0.3, -0.25) is 15.7 Å². The number of carbonyl (C=O) groups is 4. The maximum atomic E-state index is 13.4. The SMILES string of the molecule is CC/C=C/C(=O)OCC.CCOC(=O)c1cc(=O)n(-c2ccccc2C(F)(F)F)[nH]1.CCOC(=O)c1cc(C)n(-c2ccccc2C(F)(F)F)n1.CCOC(=O)c1cc(C2=CCCC2)n(-c2ccccc2C(F)(F)F)n1.NNc1ccccc1C(F)(F)F.O=C=O.OB(O)C1=CCCC1. The third-order valence-electron chi connectivity index (χ3n) is 13.0. The van der Waals surface area contributed by atoms with E-state index in [0.29, 0.717) is 22.7 Å². The van der Waals surface area contributed by atoms with Crippen LogP contribution in [-0.4, -0.2) is 103 Å². The molecule has 0 spiro atoms. The lowest BCUT2D eigenvalue weighted by Gasteiger charge is -2.15. The predicted octanol–water partition coefficient (Wildman–Crippen LogP) is 13.4. The zero-order valence-electron chi connectivity index (χ0n) is 53.9. The Morgan fingerprint density at radius 3 is 1.44 bits per heavy atom. The highest BCUT2D eigenvalue weighted by molar-refractivity contribution is 6.50. The van der Waals surface area contributed by atoms with Gasteiger partial charge < -0.3 is 34.4 Å². The molecule has 0 radical (unpaired) electrons. The minimum Gasteiger partial charge on any atom is -0.463 e. The molecule has 4 aromatic carbocycles. The minimum atomic E-state index is -4.62. The van der Waals surface area contributed by atoms with Gasteiger partial charge in [0.1, 0.15) is 5.69 Å². The van der Waals surface area contributed by atoms with E-state index < -0.39 is 77.5 Å². The summed E-state index contributed by atoms with van der Waals surface area (Å²) in [6.45, 7) is 11.1. The van der Waals surface area contributed by atoms with E-state index in [1.165, 1.54) is 89.6 Å². The van der Waals surface area contributed by atoms with Gasteiger partial charge in [0.15, 0.2) is 11.4 Å². The molecule has 3 heterocycles. The fourth-order valence-electron chi connectivity index (χ4n) is 8.81. The molecule has 21 nitrogen and oxygen atoms in total. The van der Waals surface area contributed by atoms with Gasteiger partial charge in [0.2, 0.25) is 0 Å². The lowest BCUT2D eigenvalue weighted by Crippen LogP contribution is -2.19. The van der Waals surface area contributed by atoms with E-state index in [9.17, 15) is 76.7 Å². The van der Waals surface area contributed by atoms with Crippen LogP contribution in [0.15, 0.2) is 150 Å². The van der Waals surface area contributed by atoms with Crippen molar-refractivity contribution in [3.8, 4) is 17.1 Å². The molecular weight excluding hydrogens is 1340 g/mol. The Hall–Kier alpha value is -10.3. The van der Waals surface area contributed by atoms with Gasteiger partial charge in [-0.15, -0.1) is 0 Å². The highest BCUT2D eigenvalue weighted by atomic mass is 19.4. The lowest BCUT2D eigenvalue weighted by atomic mass is 9.79. The molecule has 0 saturated heterocycles.